The van der Waals surface area contributed by atoms with Crippen LogP contribution < -0.4 is 5.32 Å². The van der Waals surface area contributed by atoms with E-state index in [2.05, 4.69) is 10.3 Å². The summed E-state index contributed by atoms with van der Waals surface area (Å²) in [5.41, 5.74) is 3.74. The first-order valence-electron chi connectivity index (χ1n) is 9.94. The zero-order valence-corrected chi connectivity index (χ0v) is 16.4. The van der Waals surface area contributed by atoms with E-state index in [-0.39, 0.29) is 5.91 Å². The van der Waals surface area contributed by atoms with Crippen molar-refractivity contribution in [2.45, 2.75) is 24.9 Å². The SMILES string of the molecule is O=C(Nc1ccc2nc(C3CC3)cn2c1)c1ccc(-c2ccc(C(F)(F)F)cc2)cc1. The van der Waals surface area contributed by atoms with Gasteiger partial charge in [0.1, 0.15) is 5.65 Å². The third kappa shape index (κ3) is 4.03. The van der Waals surface area contributed by atoms with Gasteiger partial charge < -0.3 is 9.72 Å². The molecule has 156 valence electrons. The summed E-state index contributed by atoms with van der Waals surface area (Å²) in [6.07, 6.45) is 1.83. The molecule has 2 heterocycles. The Morgan fingerprint density at radius 1 is 0.903 bits per heavy atom. The quantitative estimate of drug-likeness (QED) is 0.430. The van der Waals surface area contributed by atoms with Crippen LogP contribution in [0, 0.1) is 0 Å². The van der Waals surface area contributed by atoms with Crippen LogP contribution in [0.3, 0.4) is 0 Å². The molecule has 7 heteroatoms. The maximum Gasteiger partial charge on any atom is 0.416 e. The molecule has 0 atom stereocenters. The minimum Gasteiger partial charge on any atom is -0.321 e. The average Bonchev–Trinajstić information content (AvgIpc) is 3.53. The number of hydrogen-bond acceptors (Lipinski definition) is 2. The van der Waals surface area contributed by atoms with Gasteiger partial charge in [-0.2, -0.15) is 13.2 Å². The maximum absolute atomic E-state index is 12.7. The summed E-state index contributed by atoms with van der Waals surface area (Å²) in [6, 6.07) is 15.4. The van der Waals surface area contributed by atoms with E-state index in [1.54, 1.807) is 24.3 Å². The van der Waals surface area contributed by atoms with Crippen molar-refractivity contribution in [3.05, 3.63) is 89.9 Å². The molecule has 2 aromatic carbocycles. The summed E-state index contributed by atoms with van der Waals surface area (Å²) in [7, 11) is 0. The number of hydrogen-bond donors (Lipinski definition) is 1. The van der Waals surface area contributed by atoms with E-state index >= 15 is 0 Å². The van der Waals surface area contributed by atoms with Crippen LogP contribution in [0.2, 0.25) is 0 Å². The van der Waals surface area contributed by atoms with Gasteiger partial charge in [-0.05, 0) is 60.4 Å². The molecule has 4 aromatic rings. The predicted molar refractivity (Wildman–Crippen MR) is 112 cm³/mol. The van der Waals surface area contributed by atoms with Crippen molar-refractivity contribution in [3.8, 4) is 11.1 Å². The molecule has 4 nitrogen and oxygen atoms in total. The van der Waals surface area contributed by atoms with Gasteiger partial charge in [-0.1, -0.05) is 24.3 Å². The van der Waals surface area contributed by atoms with E-state index in [1.165, 1.54) is 25.0 Å². The lowest BCUT2D eigenvalue weighted by Crippen LogP contribution is -2.12. The minimum absolute atomic E-state index is 0.263. The van der Waals surface area contributed by atoms with Gasteiger partial charge in [0, 0.05) is 23.9 Å². The lowest BCUT2D eigenvalue weighted by Gasteiger charge is -2.09. The van der Waals surface area contributed by atoms with Crippen molar-refractivity contribution in [2.75, 3.05) is 5.32 Å². The lowest BCUT2D eigenvalue weighted by molar-refractivity contribution is -0.137. The normalized spacial score (nSPS) is 14.0. The minimum atomic E-state index is -4.36. The first kappa shape index (κ1) is 19.4. The Bertz CT molecular complexity index is 1250. The molecule has 5 rings (SSSR count). The van der Waals surface area contributed by atoms with Gasteiger partial charge in [0.2, 0.25) is 0 Å². The molecule has 1 amide bonds. The molecule has 0 spiro atoms. The standard InChI is InChI=1S/C24H18F3N3O/c25-24(26,27)19-9-7-16(8-10-19)15-1-5-18(6-2-15)23(31)28-20-11-12-22-29-21(17-3-4-17)14-30(22)13-20/h1-2,5-14,17H,3-4H2,(H,28,31). The molecule has 0 radical (unpaired) electrons. The predicted octanol–water partition coefficient (Wildman–Crippen LogP) is 6.15. The van der Waals surface area contributed by atoms with Crippen molar-refractivity contribution >= 4 is 17.2 Å². The summed E-state index contributed by atoms with van der Waals surface area (Å²) in [6.45, 7) is 0. The van der Waals surface area contributed by atoms with Crippen molar-refractivity contribution in [3.63, 3.8) is 0 Å². The monoisotopic (exact) mass is 421 g/mol. The van der Waals surface area contributed by atoms with E-state index in [4.69, 9.17) is 0 Å². The summed E-state index contributed by atoms with van der Waals surface area (Å²) in [5, 5.41) is 2.88. The van der Waals surface area contributed by atoms with Gasteiger partial charge in [0.15, 0.2) is 0 Å². The highest BCUT2D eigenvalue weighted by molar-refractivity contribution is 6.04. The Kier molecular flexibility index (Phi) is 4.54. The van der Waals surface area contributed by atoms with Crippen LogP contribution in [0.4, 0.5) is 18.9 Å². The van der Waals surface area contributed by atoms with Crippen molar-refractivity contribution in [1.82, 2.24) is 9.38 Å². The molecule has 2 aromatic heterocycles. The second kappa shape index (κ2) is 7.27. The highest BCUT2D eigenvalue weighted by atomic mass is 19.4. The van der Waals surface area contributed by atoms with E-state index < -0.39 is 11.7 Å². The van der Waals surface area contributed by atoms with E-state index in [9.17, 15) is 18.0 Å². The number of pyridine rings is 1. The van der Waals surface area contributed by atoms with Gasteiger partial charge in [0.05, 0.1) is 16.9 Å². The highest BCUT2D eigenvalue weighted by Crippen LogP contribution is 2.39. The second-order valence-corrected chi connectivity index (χ2v) is 7.73. The number of nitrogens with zero attached hydrogens (tertiary/aromatic N) is 2. The van der Waals surface area contributed by atoms with Gasteiger partial charge in [-0.25, -0.2) is 4.98 Å². The van der Waals surface area contributed by atoms with Crippen molar-refractivity contribution in [1.29, 1.82) is 0 Å². The molecular formula is C24H18F3N3O. The summed E-state index contributed by atoms with van der Waals surface area (Å²) >= 11 is 0. The number of rotatable bonds is 4. The van der Waals surface area contributed by atoms with Crippen LogP contribution in [0.15, 0.2) is 73.1 Å². The second-order valence-electron chi connectivity index (χ2n) is 7.73. The topological polar surface area (TPSA) is 46.4 Å². The molecule has 0 unspecified atom stereocenters. The molecule has 1 aliphatic carbocycles. The highest BCUT2D eigenvalue weighted by Gasteiger charge is 2.30. The van der Waals surface area contributed by atoms with Gasteiger partial charge in [0.25, 0.3) is 5.91 Å². The fourth-order valence-electron chi connectivity index (χ4n) is 3.53. The Hall–Kier alpha value is -3.61. The van der Waals surface area contributed by atoms with Crippen molar-refractivity contribution in [2.24, 2.45) is 0 Å². The summed E-state index contributed by atoms with van der Waals surface area (Å²) < 4.78 is 40.1. The molecular weight excluding hydrogens is 403 g/mol. The van der Waals surface area contributed by atoms with Gasteiger partial charge in [-0.15, -0.1) is 0 Å². The fraction of sp³-hybridized carbons (Fsp3) is 0.167. The number of imidazole rings is 1. The van der Waals surface area contributed by atoms with Gasteiger partial charge >= 0.3 is 6.18 Å². The smallest absolute Gasteiger partial charge is 0.321 e. The van der Waals surface area contributed by atoms with Gasteiger partial charge in [-0.3, -0.25) is 4.79 Å². The summed E-state index contributed by atoms with van der Waals surface area (Å²) in [5.74, 6) is 0.293. The first-order valence-corrected chi connectivity index (χ1v) is 9.94. The fourth-order valence-corrected chi connectivity index (χ4v) is 3.53. The van der Waals surface area contributed by atoms with E-state index in [0.717, 1.165) is 29.0 Å². The van der Waals surface area contributed by atoms with Crippen LogP contribution in [0.5, 0.6) is 0 Å². The van der Waals surface area contributed by atoms with Crippen LogP contribution >= 0.6 is 0 Å². The lowest BCUT2D eigenvalue weighted by atomic mass is 10.0. The number of nitrogens with one attached hydrogen (secondary N) is 1. The molecule has 31 heavy (non-hydrogen) atoms. The zero-order chi connectivity index (χ0) is 21.6. The van der Waals surface area contributed by atoms with Crippen LogP contribution in [0.25, 0.3) is 16.8 Å². The first-order chi connectivity index (χ1) is 14.9. The number of carbonyl (C=O) groups is 1. The number of benzene rings is 2. The Morgan fingerprint density at radius 2 is 1.55 bits per heavy atom. The zero-order valence-electron chi connectivity index (χ0n) is 16.4. The molecule has 1 aliphatic rings. The molecule has 0 aliphatic heterocycles. The van der Waals surface area contributed by atoms with E-state index in [1.807, 2.05) is 28.9 Å². The number of anilines is 1. The van der Waals surface area contributed by atoms with Crippen LogP contribution in [-0.4, -0.2) is 15.3 Å². The Morgan fingerprint density at radius 3 is 2.16 bits per heavy atom. The largest absolute Gasteiger partial charge is 0.416 e. The van der Waals surface area contributed by atoms with Crippen LogP contribution in [0.1, 0.15) is 40.4 Å². The number of aromatic nitrogens is 2. The van der Waals surface area contributed by atoms with Crippen LogP contribution in [-0.2, 0) is 6.18 Å². The Balaban J connectivity index is 1.30. The molecule has 0 saturated heterocycles. The van der Waals surface area contributed by atoms with E-state index in [0.29, 0.717) is 22.7 Å². The number of alkyl halides is 3. The molecule has 1 N–H and O–H groups in total. The number of halogens is 3. The molecule has 1 saturated carbocycles. The third-order valence-corrected chi connectivity index (χ3v) is 5.42. The maximum atomic E-state index is 12.7. The third-order valence-electron chi connectivity index (χ3n) is 5.42. The number of amides is 1. The molecule has 1 fully saturated rings. The average molecular weight is 421 g/mol. The summed E-state index contributed by atoms with van der Waals surface area (Å²) in [4.78, 5) is 17.2. The number of carbonyl (C=O) groups excluding carboxylic acids is 1. The number of fused-ring (bicyclic) bond motifs is 1. The Labute approximate surface area is 176 Å². The molecule has 0 bridgehead atoms. The van der Waals surface area contributed by atoms with Crippen molar-refractivity contribution < 1.29 is 18.0 Å².